The fourth-order valence-electron chi connectivity index (χ4n) is 3.81. The number of hydrogen-bond acceptors (Lipinski definition) is 0. The predicted octanol–water partition coefficient (Wildman–Crippen LogP) is 6.43. The zero-order valence-electron chi connectivity index (χ0n) is 21.5. The zero-order valence-corrected chi connectivity index (χ0v) is 20.5. The van der Waals surface area contributed by atoms with Gasteiger partial charge in [-0.25, -0.2) is 8.96 Å². The van der Waals surface area contributed by atoms with Crippen LogP contribution < -0.4 is 9.75 Å². The Morgan fingerprint density at radius 2 is 1.63 bits per heavy atom. The molecular weight excluding hydrogens is 385 g/mol. The molecule has 0 amide bonds. The number of aryl methyl sites for hydroxylation is 2. The van der Waals surface area contributed by atoms with Crippen molar-refractivity contribution in [1.29, 1.82) is 0 Å². The minimum atomic E-state index is -1.83. The molecule has 0 spiro atoms. The minimum Gasteiger partial charge on any atom is -0.206 e. The molecule has 158 valence electrons. The van der Waals surface area contributed by atoms with Gasteiger partial charge in [0.15, 0.2) is 6.20 Å². The number of aromatic nitrogens is 1. The average Bonchev–Trinajstić information content (AvgIpc) is 2.67. The molecule has 3 rings (SSSR count). The zero-order chi connectivity index (χ0) is 24.1. The van der Waals surface area contributed by atoms with Crippen molar-refractivity contribution in [3.05, 3.63) is 71.7 Å². The molecule has 1 aromatic heterocycles. The number of benzene rings is 2. The second-order valence-electron chi connectivity index (χ2n) is 10.2. The van der Waals surface area contributed by atoms with Crippen LogP contribution in [0.4, 0.5) is 4.39 Å². The lowest BCUT2D eigenvalue weighted by molar-refractivity contribution is -0.659. The Morgan fingerprint density at radius 1 is 1.00 bits per heavy atom. The molecule has 0 saturated heterocycles. The largest absolute Gasteiger partial charge is 0.212 e. The molecule has 0 aliphatic rings. The summed E-state index contributed by atoms with van der Waals surface area (Å²) in [6.07, 6.45) is 0.591. The fourth-order valence-corrected chi connectivity index (χ4v) is 5.33. The van der Waals surface area contributed by atoms with E-state index in [1.165, 1.54) is 0 Å². The number of nitrogens with zero attached hydrogens (tertiary/aromatic N) is 1. The smallest absolute Gasteiger partial charge is 0.206 e. The summed E-state index contributed by atoms with van der Waals surface area (Å²) in [4.78, 5) is 0. The van der Waals surface area contributed by atoms with Gasteiger partial charge in [0.25, 0.3) is 0 Å². The van der Waals surface area contributed by atoms with Crippen LogP contribution in [0.2, 0.25) is 19.6 Å². The molecule has 0 saturated carbocycles. The maximum absolute atomic E-state index is 14.9. The van der Waals surface area contributed by atoms with Crippen LogP contribution in [0.25, 0.3) is 22.4 Å². The molecule has 0 bridgehead atoms. The molecule has 2 aromatic carbocycles. The van der Waals surface area contributed by atoms with Gasteiger partial charge in [-0.15, -0.1) is 0 Å². The van der Waals surface area contributed by atoms with Crippen molar-refractivity contribution in [2.45, 2.75) is 53.7 Å². The molecule has 0 aliphatic carbocycles. The minimum absolute atomic E-state index is 0.246. The summed E-state index contributed by atoms with van der Waals surface area (Å²) in [5.41, 5.74) is 4.22. The van der Waals surface area contributed by atoms with Crippen LogP contribution in [0.15, 0.2) is 54.7 Å². The number of rotatable bonds is 4. The summed E-state index contributed by atoms with van der Waals surface area (Å²) < 4.78 is 35.1. The Bertz CT molecular complexity index is 1140. The highest BCUT2D eigenvalue weighted by Gasteiger charge is 2.28. The first-order chi connectivity index (χ1) is 14.6. The maximum atomic E-state index is 14.9. The van der Waals surface area contributed by atoms with Crippen LogP contribution in [-0.4, -0.2) is 8.07 Å². The second kappa shape index (κ2) is 8.11. The summed E-state index contributed by atoms with van der Waals surface area (Å²) in [7, 11) is 0.172. The summed E-state index contributed by atoms with van der Waals surface area (Å²) in [6.45, 7) is 14.5. The van der Waals surface area contributed by atoms with E-state index >= 15 is 0 Å². The standard InChI is InChI=1S/C27H35FNSi/c1-19-14-24(28)23(20-12-10-9-11-13-20)16-22(19)25-15-21(17-27(2,3)4)26(18-29(25)5)30(6,7)8/h9-16,18H,17H2,1-8H3/q+1/i17D2. The van der Waals surface area contributed by atoms with Crippen molar-refractivity contribution in [3.8, 4) is 22.4 Å². The van der Waals surface area contributed by atoms with Crippen LogP contribution in [-0.2, 0) is 13.4 Å². The molecular formula is C27H35FNSi+. The third-order valence-corrected chi connectivity index (χ3v) is 7.28. The molecule has 1 nitrogen and oxygen atoms in total. The van der Waals surface area contributed by atoms with E-state index in [2.05, 4.69) is 30.4 Å². The monoisotopic (exact) mass is 422 g/mol. The van der Waals surface area contributed by atoms with Gasteiger partial charge in [0, 0.05) is 25.1 Å². The molecule has 0 N–H and O–H groups in total. The van der Waals surface area contributed by atoms with E-state index in [1.54, 1.807) is 6.07 Å². The van der Waals surface area contributed by atoms with Crippen molar-refractivity contribution in [2.75, 3.05) is 0 Å². The molecule has 3 aromatic rings. The van der Waals surface area contributed by atoms with Gasteiger partial charge in [0.2, 0.25) is 5.69 Å². The lowest BCUT2D eigenvalue weighted by atomic mass is 9.87. The van der Waals surface area contributed by atoms with Crippen LogP contribution >= 0.6 is 0 Å². The normalized spacial score (nSPS) is 13.8. The third kappa shape index (κ3) is 4.89. The van der Waals surface area contributed by atoms with Gasteiger partial charge in [-0.2, -0.15) is 0 Å². The molecule has 0 atom stereocenters. The Kier molecular flexibility index (Phi) is 5.32. The van der Waals surface area contributed by atoms with E-state index in [-0.39, 0.29) is 5.82 Å². The Balaban J connectivity index is 2.34. The van der Waals surface area contributed by atoms with E-state index in [1.807, 2.05) is 77.2 Å². The summed E-state index contributed by atoms with van der Waals surface area (Å²) in [5, 5.41) is 1.12. The van der Waals surface area contributed by atoms with Gasteiger partial charge in [-0.1, -0.05) is 70.7 Å². The van der Waals surface area contributed by atoms with E-state index in [9.17, 15) is 4.39 Å². The topological polar surface area (TPSA) is 3.88 Å². The lowest BCUT2D eigenvalue weighted by Gasteiger charge is -2.25. The quantitative estimate of drug-likeness (QED) is 0.337. The maximum Gasteiger partial charge on any atom is 0.212 e. The van der Waals surface area contributed by atoms with Gasteiger partial charge < -0.3 is 0 Å². The first-order valence-electron chi connectivity index (χ1n) is 11.5. The summed E-state index contributed by atoms with van der Waals surface area (Å²) in [6, 6.07) is 15.1. The highest BCUT2D eigenvalue weighted by molar-refractivity contribution is 6.88. The van der Waals surface area contributed by atoms with Gasteiger partial charge in [0.1, 0.15) is 12.9 Å². The first kappa shape index (κ1) is 19.7. The Labute approximate surface area is 185 Å². The van der Waals surface area contributed by atoms with Crippen molar-refractivity contribution in [2.24, 2.45) is 12.5 Å². The van der Waals surface area contributed by atoms with E-state index < -0.39 is 19.9 Å². The Morgan fingerprint density at radius 3 is 2.20 bits per heavy atom. The first-order valence-corrected chi connectivity index (χ1v) is 14.0. The summed E-state index contributed by atoms with van der Waals surface area (Å²) in [5.74, 6) is -0.246. The van der Waals surface area contributed by atoms with Crippen LogP contribution in [0.5, 0.6) is 0 Å². The van der Waals surface area contributed by atoms with Crippen LogP contribution in [0.3, 0.4) is 0 Å². The van der Waals surface area contributed by atoms with Crippen molar-refractivity contribution < 1.29 is 11.7 Å². The van der Waals surface area contributed by atoms with Gasteiger partial charge in [-0.05, 0) is 47.5 Å². The van der Waals surface area contributed by atoms with Gasteiger partial charge in [-0.3, -0.25) is 0 Å². The molecule has 0 aliphatic heterocycles. The average molecular weight is 423 g/mol. The van der Waals surface area contributed by atoms with Gasteiger partial charge >= 0.3 is 0 Å². The number of pyridine rings is 1. The highest BCUT2D eigenvalue weighted by Crippen LogP contribution is 2.31. The van der Waals surface area contributed by atoms with Crippen molar-refractivity contribution in [1.82, 2.24) is 0 Å². The number of halogens is 1. The molecule has 0 unspecified atom stereocenters. The van der Waals surface area contributed by atoms with Crippen molar-refractivity contribution >= 4 is 13.3 Å². The SMILES string of the molecule is [2H]C([2H])(c1cc(-c2cc(-c3ccccc3)c(F)cc2C)[n+](C)cc1[Si](C)(C)C)C(C)(C)C. The second-order valence-corrected chi connectivity index (χ2v) is 15.3. The molecule has 0 radical (unpaired) electrons. The summed E-state index contributed by atoms with van der Waals surface area (Å²) >= 11 is 0. The van der Waals surface area contributed by atoms with Crippen LogP contribution in [0, 0.1) is 18.2 Å². The van der Waals surface area contributed by atoms with Gasteiger partial charge in [0.05, 0.1) is 8.07 Å². The molecule has 0 fully saturated rings. The van der Waals surface area contributed by atoms with Crippen LogP contribution in [0.1, 0.15) is 34.6 Å². The lowest BCUT2D eigenvalue weighted by Crippen LogP contribution is -2.47. The van der Waals surface area contributed by atoms with Crippen molar-refractivity contribution in [3.63, 3.8) is 0 Å². The van der Waals surface area contributed by atoms with E-state index in [0.717, 1.165) is 33.1 Å². The van der Waals surface area contributed by atoms with E-state index in [4.69, 9.17) is 2.74 Å². The third-order valence-electron chi connectivity index (χ3n) is 5.27. The predicted molar refractivity (Wildman–Crippen MR) is 129 cm³/mol. The number of hydrogen-bond donors (Lipinski definition) is 0. The molecule has 30 heavy (non-hydrogen) atoms. The Hall–Kier alpha value is -2.26. The fraction of sp³-hybridized carbons (Fsp3) is 0.370. The molecule has 3 heteroatoms. The van der Waals surface area contributed by atoms with E-state index in [0.29, 0.717) is 5.56 Å². The highest BCUT2D eigenvalue weighted by atomic mass is 28.3. The molecule has 1 heterocycles.